The SMILES string of the molecule is CCOc1ccc(NC(=O)CN2C(=O)S/C(=C/c3cn(CC(=O)OC)c4ccccc34)C2=O)cc1. The molecule has 3 amide bonds. The fourth-order valence-electron chi connectivity index (χ4n) is 3.65. The van der Waals surface area contributed by atoms with Gasteiger partial charge in [-0.2, -0.15) is 0 Å². The number of nitrogens with one attached hydrogen (secondary N) is 1. The highest BCUT2D eigenvalue weighted by Crippen LogP contribution is 2.34. The fraction of sp³-hybridized carbons (Fsp3) is 0.200. The van der Waals surface area contributed by atoms with Gasteiger partial charge in [0.1, 0.15) is 18.8 Å². The Labute approximate surface area is 205 Å². The number of hydrogen-bond acceptors (Lipinski definition) is 7. The Hall–Kier alpha value is -4.05. The van der Waals surface area contributed by atoms with E-state index < -0.39 is 29.6 Å². The van der Waals surface area contributed by atoms with E-state index in [9.17, 15) is 19.2 Å². The van der Waals surface area contributed by atoms with Gasteiger partial charge in [-0.3, -0.25) is 24.1 Å². The largest absolute Gasteiger partial charge is 0.494 e. The number of thioether (sulfide) groups is 1. The number of methoxy groups -OCH3 is 1. The standard InChI is InChI=1S/C25H23N3O6S/c1-3-34-18-10-8-17(9-11-18)26-22(29)14-28-24(31)21(35-25(28)32)12-16-13-27(15-23(30)33-2)20-7-5-4-6-19(16)20/h4-13H,3,14-15H2,1-2H3,(H,26,29)/b21-12+. The molecule has 0 spiro atoms. The lowest BCUT2D eigenvalue weighted by molar-refractivity contribution is -0.141. The van der Waals surface area contributed by atoms with Crippen molar-refractivity contribution < 1.29 is 28.7 Å². The molecule has 0 saturated carbocycles. The summed E-state index contributed by atoms with van der Waals surface area (Å²) in [6.07, 6.45) is 3.33. The van der Waals surface area contributed by atoms with E-state index >= 15 is 0 Å². The Balaban J connectivity index is 1.49. The molecule has 0 bridgehead atoms. The number of rotatable bonds is 8. The van der Waals surface area contributed by atoms with Crippen LogP contribution in [0.3, 0.4) is 0 Å². The van der Waals surface area contributed by atoms with Crippen molar-refractivity contribution in [2.24, 2.45) is 0 Å². The van der Waals surface area contributed by atoms with Gasteiger partial charge >= 0.3 is 5.97 Å². The van der Waals surface area contributed by atoms with Crippen molar-refractivity contribution in [3.63, 3.8) is 0 Å². The van der Waals surface area contributed by atoms with Crippen molar-refractivity contribution in [1.29, 1.82) is 0 Å². The number of carbonyl (C=O) groups excluding carboxylic acids is 4. The first-order valence-corrected chi connectivity index (χ1v) is 11.6. The summed E-state index contributed by atoms with van der Waals surface area (Å²) in [5.74, 6) is -0.773. The molecule has 0 aliphatic carbocycles. The van der Waals surface area contributed by atoms with E-state index in [1.165, 1.54) is 7.11 Å². The first-order chi connectivity index (χ1) is 16.9. The molecule has 1 fully saturated rings. The number of esters is 1. The van der Waals surface area contributed by atoms with Crippen molar-refractivity contribution in [1.82, 2.24) is 9.47 Å². The zero-order valence-electron chi connectivity index (χ0n) is 19.1. The molecule has 180 valence electrons. The third-order valence-electron chi connectivity index (χ3n) is 5.26. The van der Waals surface area contributed by atoms with Crippen LogP contribution >= 0.6 is 11.8 Å². The number of fused-ring (bicyclic) bond motifs is 1. The second-order valence-corrected chi connectivity index (χ2v) is 8.57. The van der Waals surface area contributed by atoms with Crippen LogP contribution in [0.5, 0.6) is 5.75 Å². The van der Waals surface area contributed by atoms with E-state index in [2.05, 4.69) is 5.32 Å². The molecule has 0 unspecified atom stereocenters. The molecule has 1 aromatic heterocycles. The maximum Gasteiger partial charge on any atom is 0.325 e. The fourth-order valence-corrected chi connectivity index (χ4v) is 4.48. The van der Waals surface area contributed by atoms with Crippen LogP contribution in [0.1, 0.15) is 12.5 Å². The summed E-state index contributed by atoms with van der Waals surface area (Å²) >= 11 is 0.770. The summed E-state index contributed by atoms with van der Waals surface area (Å²) in [5.41, 5.74) is 1.99. The van der Waals surface area contributed by atoms with Crippen LogP contribution in [0.25, 0.3) is 17.0 Å². The van der Waals surface area contributed by atoms with Crippen molar-refractivity contribution in [3.05, 3.63) is 65.2 Å². The van der Waals surface area contributed by atoms with Gasteiger partial charge in [-0.05, 0) is 55.1 Å². The average Bonchev–Trinajstić information content (AvgIpc) is 3.32. The third-order valence-corrected chi connectivity index (χ3v) is 6.16. The van der Waals surface area contributed by atoms with Gasteiger partial charge in [0.2, 0.25) is 5.91 Å². The number of para-hydroxylation sites is 1. The Morgan fingerprint density at radius 2 is 1.80 bits per heavy atom. The molecule has 35 heavy (non-hydrogen) atoms. The quantitative estimate of drug-likeness (QED) is 0.375. The van der Waals surface area contributed by atoms with E-state index in [-0.39, 0.29) is 11.4 Å². The lowest BCUT2D eigenvalue weighted by atomic mass is 10.1. The van der Waals surface area contributed by atoms with Crippen LogP contribution in [0.15, 0.2) is 59.6 Å². The van der Waals surface area contributed by atoms with Crippen LogP contribution in [0.4, 0.5) is 10.5 Å². The molecule has 1 N–H and O–H groups in total. The number of imide groups is 1. The van der Waals surface area contributed by atoms with Crippen molar-refractivity contribution in [2.45, 2.75) is 13.5 Å². The van der Waals surface area contributed by atoms with E-state index in [4.69, 9.17) is 9.47 Å². The Morgan fingerprint density at radius 3 is 2.51 bits per heavy atom. The van der Waals surface area contributed by atoms with E-state index in [0.29, 0.717) is 23.6 Å². The van der Waals surface area contributed by atoms with E-state index in [1.54, 1.807) is 41.1 Å². The molecule has 0 atom stereocenters. The Bertz CT molecular complexity index is 1330. The zero-order valence-corrected chi connectivity index (χ0v) is 20.0. The predicted octanol–water partition coefficient (Wildman–Crippen LogP) is 3.89. The summed E-state index contributed by atoms with van der Waals surface area (Å²) < 4.78 is 11.9. The van der Waals surface area contributed by atoms with E-state index in [0.717, 1.165) is 27.6 Å². The summed E-state index contributed by atoms with van der Waals surface area (Å²) in [5, 5.41) is 2.97. The van der Waals surface area contributed by atoms with Gasteiger partial charge < -0.3 is 19.4 Å². The number of benzene rings is 2. The predicted molar refractivity (Wildman–Crippen MR) is 133 cm³/mol. The molecule has 2 aromatic carbocycles. The van der Waals surface area contributed by atoms with Gasteiger partial charge in [-0.15, -0.1) is 0 Å². The van der Waals surface area contributed by atoms with Crippen LogP contribution < -0.4 is 10.1 Å². The maximum absolute atomic E-state index is 12.9. The van der Waals surface area contributed by atoms with Crippen LogP contribution in [0, 0.1) is 0 Å². The van der Waals surface area contributed by atoms with Crippen molar-refractivity contribution in [2.75, 3.05) is 25.6 Å². The van der Waals surface area contributed by atoms with Gasteiger partial charge in [0.25, 0.3) is 11.1 Å². The molecule has 2 heterocycles. The minimum Gasteiger partial charge on any atom is -0.494 e. The highest BCUT2D eigenvalue weighted by molar-refractivity contribution is 8.18. The lowest BCUT2D eigenvalue weighted by Crippen LogP contribution is -2.36. The molecule has 10 heteroatoms. The van der Waals surface area contributed by atoms with Gasteiger partial charge in [0.05, 0.1) is 18.6 Å². The number of carbonyl (C=O) groups is 4. The minimum atomic E-state index is -0.549. The molecule has 9 nitrogen and oxygen atoms in total. The molecule has 3 aromatic rings. The van der Waals surface area contributed by atoms with Crippen molar-refractivity contribution in [3.8, 4) is 5.75 Å². The molecule has 1 saturated heterocycles. The topological polar surface area (TPSA) is 107 Å². The second-order valence-electron chi connectivity index (χ2n) is 7.58. The monoisotopic (exact) mass is 493 g/mol. The normalized spacial score (nSPS) is 14.6. The first kappa shape index (κ1) is 24.1. The molecule has 4 rings (SSSR count). The first-order valence-electron chi connectivity index (χ1n) is 10.8. The van der Waals surface area contributed by atoms with Gasteiger partial charge in [0, 0.05) is 28.4 Å². The number of amides is 3. The van der Waals surface area contributed by atoms with Crippen molar-refractivity contribution >= 4 is 57.5 Å². The number of hydrogen-bond donors (Lipinski definition) is 1. The van der Waals surface area contributed by atoms with Crippen LogP contribution in [-0.4, -0.2) is 52.8 Å². The second kappa shape index (κ2) is 10.5. The molecule has 0 radical (unpaired) electrons. The number of aromatic nitrogens is 1. The Morgan fingerprint density at radius 1 is 1.06 bits per heavy atom. The number of anilines is 1. The summed E-state index contributed by atoms with van der Waals surface area (Å²) in [6, 6.07) is 14.2. The maximum atomic E-state index is 12.9. The van der Waals surface area contributed by atoms with E-state index in [1.807, 2.05) is 31.2 Å². The minimum absolute atomic E-state index is 0.0120. The molecule has 1 aliphatic heterocycles. The van der Waals surface area contributed by atoms with Gasteiger partial charge in [-0.1, -0.05) is 18.2 Å². The summed E-state index contributed by atoms with van der Waals surface area (Å²) in [4.78, 5) is 50.8. The lowest BCUT2D eigenvalue weighted by Gasteiger charge is -2.12. The number of ether oxygens (including phenoxy) is 2. The van der Waals surface area contributed by atoms with Crippen LogP contribution in [0.2, 0.25) is 0 Å². The summed E-state index contributed by atoms with van der Waals surface area (Å²) in [7, 11) is 1.32. The van der Waals surface area contributed by atoms with Gasteiger partial charge in [-0.25, -0.2) is 0 Å². The number of nitrogens with zero attached hydrogens (tertiary/aromatic N) is 2. The average molecular weight is 494 g/mol. The molecular weight excluding hydrogens is 470 g/mol. The van der Waals surface area contributed by atoms with Gasteiger partial charge in [0.15, 0.2) is 0 Å². The zero-order chi connectivity index (χ0) is 24.9. The molecule has 1 aliphatic rings. The molecular formula is C25H23N3O6S. The smallest absolute Gasteiger partial charge is 0.325 e. The highest BCUT2D eigenvalue weighted by Gasteiger charge is 2.36. The Kier molecular flexibility index (Phi) is 7.21. The highest BCUT2D eigenvalue weighted by atomic mass is 32.2. The summed E-state index contributed by atoms with van der Waals surface area (Å²) in [6.45, 7) is 2.02. The van der Waals surface area contributed by atoms with Crippen LogP contribution in [-0.2, 0) is 25.7 Å². The third kappa shape index (κ3) is 5.38.